The number of methoxy groups -OCH3 is 1. The fourth-order valence-corrected chi connectivity index (χ4v) is 5.90. The zero-order chi connectivity index (χ0) is 34.7. The Morgan fingerprint density at radius 1 is 0.957 bits per heavy atom. The summed E-state index contributed by atoms with van der Waals surface area (Å²) in [7, 11) is 1.61. The Hall–Kier alpha value is -4.32. The number of aromatic hydroxyl groups is 2. The molecule has 0 saturated heterocycles. The number of carbonyl (C=O) groups is 4. The first-order valence-electron chi connectivity index (χ1n) is 16.3. The van der Waals surface area contributed by atoms with E-state index >= 15 is 0 Å². The van der Waals surface area contributed by atoms with Crippen LogP contribution in [0.15, 0.2) is 42.5 Å². The van der Waals surface area contributed by atoms with Gasteiger partial charge in [-0.3, -0.25) is 19.2 Å². The van der Waals surface area contributed by atoms with Crippen LogP contribution in [0.1, 0.15) is 82.1 Å². The number of ether oxygens (including phenoxy) is 1. The van der Waals surface area contributed by atoms with Crippen molar-refractivity contribution >= 4 is 23.6 Å². The maximum absolute atomic E-state index is 13.8. The number of hydrogen-bond acceptors (Lipinski definition) is 8. The molecule has 12 heteroatoms. The minimum absolute atomic E-state index is 0.175. The molecule has 0 heterocycles. The molecule has 1 aliphatic carbocycles. The number of nitrogens with one attached hydrogen (secondary N) is 4. The molecule has 3 rings (SSSR count). The quantitative estimate of drug-likeness (QED) is 0.143. The molecule has 12 nitrogen and oxygen atoms in total. The fraction of sp³-hybridized carbons (Fsp3) is 0.543. The SMILES string of the molecule is COc1cccc(CC(C)(C)NC(=O)[C@H](CC2CCCCC2)NC(=O)[C@@H](NC(=O)[C@@H](N)CNC(=O)c2cc(O)ccc2O)C(C)C)c1. The number of hydrogen-bond donors (Lipinski definition) is 7. The van der Waals surface area contributed by atoms with Crippen molar-refractivity contribution in [2.24, 2.45) is 17.6 Å². The summed E-state index contributed by atoms with van der Waals surface area (Å²) >= 11 is 0. The van der Waals surface area contributed by atoms with Crippen LogP contribution in [0, 0.1) is 11.8 Å². The average Bonchev–Trinajstić information content (AvgIpc) is 3.02. The lowest BCUT2D eigenvalue weighted by atomic mass is 9.84. The summed E-state index contributed by atoms with van der Waals surface area (Å²) in [4.78, 5) is 53.0. The Morgan fingerprint density at radius 2 is 1.66 bits per heavy atom. The topological polar surface area (TPSA) is 192 Å². The van der Waals surface area contributed by atoms with E-state index < -0.39 is 41.4 Å². The van der Waals surface area contributed by atoms with Gasteiger partial charge < -0.3 is 42.0 Å². The van der Waals surface area contributed by atoms with Crippen LogP contribution < -0.4 is 31.7 Å². The molecule has 258 valence electrons. The van der Waals surface area contributed by atoms with E-state index in [0.717, 1.165) is 49.5 Å². The molecule has 0 aliphatic heterocycles. The van der Waals surface area contributed by atoms with E-state index in [4.69, 9.17) is 10.5 Å². The van der Waals surface area contributed by atoms with E-state index in [1.165, 1.54) is 12.1 Å². The number of rotatable bonds is 15. The fourth-order valence-electron chi connectivity index (χ4n) is 5.90. The summed E-state index contributed by atoms with van der Waals surface area (Å²) in [5.74, 6) is -2.08. The summed E-state index contributed by atoms with van der Waals surface area (Å²) in [5, 5.41) is 30.8. The van der Waals surface area contributed by atoms with Gasteiger partial charge in [0.05, 0.1) is 12.7 Å². The van der Waals surface area contributed by atoms with Crippen molar-refractivity contribution in [3.63, 3.8) is 0 Å². The summed E-state index contributed by atoms with van der Waals surface area (Å²) in [6, 6.07) is 8.14. The van der Waals surface area contributed by atoms with Gasteiger partial charge in [0, 0.05) is 12.1 Å². The Morgan fingerprint density at radius 3 is 2.32 bits per heavy atom. The van der Waals surface area contributed by atoms with Crippen molar-refractivity contribution in [2.75, 3.05) is 13.7 Å². The largest absolute Gasteiger partial charge is 0.508 e. The standard InChI is InChI=1S/C35H51N5O7/c1-21(2)30(39-32(44)27(36)20-37-31(43)26-18-24(41)14-15-29(26)42)34(46)38-28(17-22-10-7-6-8-11-22)33(45)40-35(3,4)19-23-12-9-13-25(16-23)47-5/h9,12-16,18,21-22,27-28,30,41-42H,6-8,10-11,17,19-20,36H2,1-5H3,(H,37,43)(H,38,46)(H,39,44)(H,40,45)/t27-,28-,30-/m0/s1. The molecule has 0 radical (unpaired) electrons. The molecule has 1 fully saturated rings. The van der Waals surface area contributed by atoms with Gasteiger partial charge in [-0.25, -0.2) is 0 Å². The summed E-state index contributed by atoms with van der Waals surface area (Å²) in [5.41, 5.74) is 6.24. The van der Waals surface area contributed by atoms with Crippen molar-refractivity contribution in [1.29, 1.82) is 0 Å². The van der Waals surface area contributed by atoms with Gasteiger partial charge in [0.1, 0.15) is 35.4 Å². The molecule has 0 unspecified atom stereocenters. The van der Waals surface area contributed by atoms with Crippen molar-refractivity contribution < 1.29 is 34.1 Å². The van der Waals surface area contributed by atoms with Gasteiger partial charge in [0.25, 0.3) is 5.91 Å². The van der Waals surface area contributed by atoms with Crippen molar-refractivity contribution in [2.45, 2.75) is 96.3 Å². The van der Waals surface area contributed by atoms with Gasteiger partial charge >= 0.3 is 0 Å². The van der Waals surface area contributed by atoms with E-state index in [1.807, 2.05) is 38.1 Å². The first-order valence-corrected chi connectivity index (χ1v) is 16.3. The molecule has 0 spiro atoms. The minimum Gasteiger partial charge on any atom is -0.508 e. The maximum atomic E-state index is 13.8. The van der Waals surface area contributed by atoms with Crippen LogP contribution in [0.25, 0.3) is 0 Å². The van der Waals surface area contributed by atoms with E-state index in [1.54, 1.807) is 21.0 Å². The lowest BCUT2D eigenvalue weighted by Gasteiger charge is -2.33. The van der Waals surface area contributed by atoms with Gasteiger partial charge in [-0.1, -0.05) is 58.1 Å². The Bertz CT molecular complexity index is 1390. The van der Waals surface area contributed by atoms with Crippen molar-refractivity contribution in [3.8, 4) is 17.2 Å². The van der Waals surface area contributed by atoms with E-state index in [0.29, 0.717) is 12.8 Å². The van der Waals surface area contributed by atoms with Gasteiger partial charge in [0.2, 0.25) is 17.7 Å². The lowest BCUT2D eigenvalue weighted by molar-refractivity contribution is -0.134. The number of nitrogens with two attached hydrogens (primary N) is 1. The third kappa shape index (κ3) is 11.5. The van der Waals surface area contributed by atoms with E-state index in [9.17, 15) is 29.4 Å². The van der Waals surface area contributed by atoms with Crippen LogP contribution in [0.3, 0.4) is 0 Å². The highest BCUT2D eigenvalue weighted by Crippen LogP contribution is 2.28. The summed E-state index contributed by atoms with van der Waals surface area (Å²) in [6.07, 6.45) is 6.32. The van der Waals surface area contributed by atoms with Crippen LogP contribution in [0.5, 0.6) is 17.2 Å². The lowest BCUT2D eigenvalue weighted by Crippen LogP contribution is -2.60. The van der Waals surface area contributed by atoms with Gasteiger partial charge in [-0.2, -0.15) is 0 Å². The molecule has 2 aromatic rings. The number of phenols is 2. The maximum Gasteiger partial charge on any atom is 0.255 e. The molecule has 4 amide bonds. The predicted octanol–water partition coefficient (Wildman–Crippen LogP) is 2.90. The second-order valence-electron chi connectivity index (χ2n) is 13.5. The highest BCUT2D eigenvalue weighted by molar-refractivity contribution is 5.98. The third-order valence-corrected chi connectivity index (χ3v) is 8.46. The molecule has 47 heavy (non-hydrogen) atoms. The first kappa shape index (κ1) is 37.1. The highest BCUT2D eigenvalue weighted by atomic mass is 16.5. The normalized spacial score (nSPS) is 15.6. The first-order chi connectivity index (χ1) is 22.2. The third-order valence-electron chi connectivity index (χ3n) is 8.46. The number of benzene rings is 2. The molecule has 8 N–H and O–H groups in total. The van der Waals surface area contributed by atoms with E-state index in [2.05, 4.69) is 21.3 Å². The Kier molecular flexibility index (Phi) is 13.4. The number of carbonyl (C=O) groups excluding carboxylic acids is 4. The molecule has 2 aromatic carbocycles. The second kappa shape index (κ2) is 17.0. The predicted molar refractivity (Wildman–Crippen MR) is 179 cm³/mol. The molecular formula is C35H51N5O7. The molecule has 1 aliphatic rings. The van der Waals surface area contributed by atoms with Gasteiger partial charge in [-0.05, 0) is 74.4 Å². The average molecular weight is 654 g/mol. The van der Waals surface area contributed by atoms with Crippen LogP contribution in [0.2, 0.25) is 0 Å². The molecule has 1 saturated carbocycles. The second-order valence-corrected chi connectivity index (χ2v) is 13.5. The Balaban J connectivity index is 1.67. The molecule has 3 atom stereocenters. The van der Waals surface area contributed by atoms with Crippen LogP contribution >= 0.6 is 0 Å². The zero-order valence-electron chi connectivity index (χ0n) is 28.1. The summed E-state index contributed by atoms with van der Waals surface area (Å²) in [6.45, 7) is 7.12. The molecule has 0 bridgehead atoms. The van der Waals surface area contributed by atoms with Crippen LogP contribution in [-0.2, 0) is 20.8 Å². The minimum atomic E-state index is -1.22. The zero-order valence-corrected chi connectivity index (χ0v) is 28.1. The van der Waals surface area contributed by atoms with Gasteiger partial charge in [-0.15, -0.1) is 0 Å². The van der Waals surface area contributed by atoms with Crippen LogP contribution in [0.4, 0.5) is 0 Å². The van der Waals surface area contributed by atoms with Crippen LogP contribution in [-0.4, -0.2) is 71.2 Å². The summed E-state index contributed by atoms with van der Waals surface area (Å²) < 4.78 is 5.34. The van der Waals surface area contributed by atoms with Gasteiger partial charge in [0.15, 0.2) is 0 Å². The highest BCUT2D eigenvalue weighted by Gasteiger charge is 2.34. The number of phenolic OH excluding ortho intramolecular Hbond substituents is 2. The smallest absolute Gasteiger partial charge is 0.255 e. The van der Waals surface area contributed by atoms with Crippen molar-refractivity contribution in [1.82, 2.24) is 21.3 Å². The van der Waals surface area contributed by atoms with Crippen molar-refractivity contribution in [3.05, 3.63) is 53.6 Å². The molecule has 0 aromatic heterocycles. The number of amides is 4. The monoisotopic (exact) mass is 653 g/mol. The Labute approximate surface area is 277 Å². The van der Waals surface area contributed by atoms with E-state index in [-0.39, 0.29) is 41.4 Å². The molecular weight excluding hydrogens is 602 g/mol.